The highest BCUT2D eigenvalue weighted by molar-refractivity contribution is 6.08. The highest BCUT2D eigenvalue weighted by atomic mass is 16.5. The van der Waals surface area contributed by atoms with Crippen LogP contribution in [-0.2, 0) is 0 Å². The lowest BCUT2D eigenvalue weighted by Gasteiger charge is -2.11. The molecule has 3 nitrogen and oxygen atoms in total. The molecule has 0 aliphatic heterocycles. The van der Waals surface area contributed by atoms with E-state index in [9.17, 15) is 4.79 Å². The number of ether oxygens (including phenoxy) is 2. The molecule has 3 heteroatoms. The summed E-state index contributed by atoms with van der Waals surface area (Å²) in [7, 11) is 1.61. The fraction of sp³-hybridized carbons (Fsp3) is 0.0870. The van der Waals surface area contributed by atoms with Crippen LogP contribution in [0.1, 0.15) is 28.4 Å². The minimum absolute atomic E-state index is 0.00886. The molecular formula is C23H20O3. The standard InChI is InChI=1S/C23H20O3/c1-3-7-17-10-15-21(22(16-17)25-2)26-20-13-11-19(12-14-20)23(24)18-8-5-4-6-9-18/h3-16H,1-2H3/b7-3-. The molecule has 0 amide bonds. The zero-order chi connectivity index (χ0) is 18.4. The summed E-state index contributed by atoms with van der Waals surface area (Å²) in [5, 5.41) is 0. The molecule has 0 aliphatic rings. The predicted octanol–water partition coefficient (Wildman–Crippen LogP) is 5.75. The average Bonchev–Trinajstić information content (AvgIpc) is 2.70. The van der Waals surface area contributed by atoms with Gasteiger partial charge in [0.2, 0.25) is 0 Å². The van der Waals surface area contributed by atoms with Crippen molar-refractivity contribution in [2.24, 2.45) is 0 Å². The van der Waals surface area contributed by atoms with Gasteiger partial charge in [-0.3, -0.25) is 4.79 Å². The fourth-order valence-electron chi connectivity index (χ4n) is 2.62. The van der Waals surface area contributed by atoms with E-state index in [0.29, 0.717) is 28.4 Å². The van der Waals surface area contributed by atoms with Crippen molar-refractivity contribution in [1.82, 2.24) is 0 Å². The van der Waals surface area contributed by atoms with Crippen LogP contribution in [-0.4, -0.2) is 12.9 Å². The van der Waals surface area contributed by atoms with Crippen molar-refractivity contribution in [1.29, 1.82) is 0 Å². The second-order valence-corrected chi connectivity index (χ2v) is 5.73. The van der Waals surface area contributed by atoms with E-state index in [4.69, 9.17) is 9.47 Å². The Labute approximate surface area is 153 Å². The van der Waals surface area contributed by atoms with Crippen LogP contribution in [0.4, 0.5) is 0 Å². The van der Waals surface area contributed by atoms with E-state index >= 15 is 0 Å². The molecule has 0 atom stereocenters. The number of ketones is 1. The maximum Gasteiger partial charge on any atom is 0.193 e. The van der Waals surface area contributed by atoms with E-state index in [0.717, 1.165) is 5.56 Å². The molecule has 130 valence electrons. The van der Waals surface area contributed by atoms with Crippen LogP contribution in [0, 0.1) is 0 Å². The molecular weight excluding hydrogens is 324 g/mol. The van der Waals surface area contributed by atoms with Crippen LogP contribution in [0.3, 0.4) is 0 Å². The van der Waals surface area contributed by atoms with Gasteiger partial charge in [-0.05, 0) is 48.9 Å². The Morgan fingerprint density at radius 2 is 1.54 bits per heavy atom. The molecule has 0 radical (unpaired) electrons. The molecule has 3 aromatic carbocycles. The molecule has 0 bridgehead atoms. The van der Waals surface area contributed by atoms with Crippen LogP contribution < -0.4 is 9.47 Å². The zero-order valence-corrected chi connectivity index (χ0v) is 14.8. The summed E-state index contributed by atoms with van der Waals surface area (Å²) in [5.41, 5.74) is 2.34. The zero-order valence-electron chi connectivity index (χ0n) is 14.8. The molecule has 3 aromatic rings. The van der Waals surface area contributed by atoms with Gasteiger partial charge in [0.1, 0.15) is 5.75 Å². The van der Waals surface area contributed by atoms with E-state index in [1.54, 1.807) is 31.4 Å². The number of hydrogen-bond donors (Lipinski definition) is 0. The molecule has 0 aromatic heterocycles. The van der Waals surface area contributed by atoms with Gasteiger partial charge in [0.25, 0.3) is 0 Å². The molecule has 0 saturated heterocycles. The van der Waals surface area contributed by atoms with Crippen molar-refractivity contribution in [2.45, 2.75) is 6.92 Å². The van der Waals surface area contributed by atoms with Crippen molar-refractivity contribution in [2.75, 3.05) is 7.11 Å². The Balaban J connectivity index is 1.78. The van der Waals surface area contributed by atoms with E-state index in [-0.39, 0.29) is 5.78 Å². The van der Waals surface area contributed by atoms with E-state index in [1.165, 1.54) is 0 Å². The first kappa shape index (κ1) is 17.5. The minimum atomic E-state index is -0.00886. The summed E-state index contributed by atoms with van der Waals surface area (Å²) in [4.78, 5) is 12.4. The van der Waals surface area contributed by atoms with Crippen molar-refractivity contribution in [3.8, 4) is 17.2 Å². The monoisotopic (exact) mass is 344 g/mol. The van der Waals surface area contributed by atoms with E-state index in [1.807, 2.05) is 67.6 Å². The van der Waals surface area contributed by atoms with Crippen molar-refractivity contribution >= 4 is 11.9 Å². The molecule has 0 unspecified atom stereocenters. The van der Waals surface area contributed by atoms with Crippen LogP contribution in [0.15, 0.2) is 78.9 Å². The van der Waals surface area contributed by atoms with E-state index in [2.05, 4.69) is 0 Å². The summed E-state index contributed by atoms with van der Waals surface area (Å²) < 4.78 is 11.3. The van der Waals surface area contributed by atoms with Gasteiger partial charge in [-0.15, -0.1) is 0 Å². The van der Waals surface area contributed by atoms with Crippen molar-refractivity contribution in [3.05, 3.63) is 95.6 Å². The third kappa shape index (κ3) is 4.01. The highest BCUT2D eigenvalue weighted by Gasteiger charge is 2.10. The van der Waals surface area contributed by atoms with Gasteiger partial charge in [-0.25, -0.2) is 0 Å². The van der Waals surface area contributed by atoms with Crippen LogP contribution >= 0.6 is 0 Å². The van der Waals surface area contributed by atoms with Gasteiger partial charge < -0.3 is 9.47 Å². The fourth-order valence-corrected chi connectivity index (χ4v) is 2.62. The summed E-state index contributed by atoms with van der Waals surface area (Å²) in [5.74, 6) is 1.92. The lowest BCUT2D eigenvalue weighted by atomic mass is 10.0. The Kier molecular flexibility index (Phi) is 5.49. The number of benzene rings is 3. The summed E-state index contributed by atoms with van der Waals surface area (Å²) in [6.45, 7) is 1.97. The number of hydrogen-bond acceptors (Lipinski definition) is 3. The van der Waals surface area contributed by atoms with Crippen LogP contribution in [0.25, 0.3) is 6.08 Å². The lowest BCUT2D eigenvalue weighted by Crippen LogP contribution is -2.00. The molecule has 0 spiro atoms. The normalized spacial score (nSPS) is 10.7. The summed E-state index contributed by atoms with van der Waals surface area (Å²) in [6, 6.07) is 22.1. The van der Waals surface area contributed by atoms with Crippen molar-refractivity contribution < 1.29 is 14.3 Å². The SMILES string of the molecule is C/C=C\c1ccc(Oc2ccc(C(=O)c3ccccc3)cc2)c(OC)c1. The highest BCUT2D eigenvalue weighted by Crippen LogP contribution is 2.32. The van der Waals surface area contributed by atoms with Gasteiger partial charge >= 0.3 is 0 Å². The molecule has 0 saturated carbocycles. The Morgan fingerprint density at radius 1 is 0.846 bits per heavy atom. The Bertz CT molecular complexity index is 910. The maximum absolute atomic E-state index is 12.4. The average molecular weight is 344 g/mol. The lowest BCUT2D eigenvalue weighted by molar-refractivity contribution is 0.103. The molecule has 0 heterocycles. The Hall–Kier alpha value is -3.33. The van der Waals surface area contributed by atoms with Crippen molar-refractivity contribution in [3.63, 3.8) is 0 Å². The first-order valence-corrected chi connectivity index (χ1v) is 8.39. The topological polar surface area (TPSA) is 35.5 Å². The molecule has 0 aliphatic carbocycles. The number of methoxy groups -OCH3 is 1. The third-order valence-corrected chi connectivity index (χ3v) is 3.93. The first-order chi connectivity index (χ1) is 12.7. The summed E-state index contributed by atoms with van der Waals surface area (Å²) in [6.07, 6.45) is 3.97. The maximum atomic E-state index is 12.4. The number of carbonyl (C=O) groups is 1. The smallest absolute Gasteiger partial charge is 0.193 e. The molecule has 0 N–H and O–H groups in total. The number of allylic oxidation sites excluding steroid dienone is 1. The predicted molar refractivity (Wildman–Crippen MR) is 104 cm³/mol. The number of rotatable bonds is 6. The summed E-state index contributed by atoms with van der Waals surface area (Å²) >= 11 is 0. The molecule has 26 heavy (non-hydrogen) atoms. The second-order valence-electron chi connectivity index (χ2n) is 5.73. The minimum Gasteiger partial charge on any atom is -0.493 e. The van der Waals surface area contributed by atoms with Gasteiger partial charge in [-0.2, -0.15) is 0 Å². The first-order valence-electron chi connectivity index (χ1n) is 8.39. The molecule has 3 rings (SSSR count). The van der Waals surface area contributed by atoms with E-state index < -0.39 is 0 Å². The Morgan fingerprint density at radius 3 is 2.19 bits per heavy atom. The van der Waals surface area contributed by atoms with Gasteiger partial charge in [0, 0.05) is 11.1 Å². The molecule has 0 fully saturated rings. The quantitative estimate of drug-likeness (QED) is 0.534. The largest absolute Gasteiger partial charge is 0.493 e. The van der Waals surface area contributed by atoms with Gasteiger partial charge in [0.05, 0.1) is 7.11 Å². The number of carbonyl (C=O) groups excluding carboxylic acids is 1. The van der Waals surface area contributed by atoms with Crippen LogP contribution in [0.2, 0.25) is 0 Å². The van der Waals surface area contributed by atoms with Gasteiger partial charge in [0.15, 0.2) is 17.3 Å². The van der Waals surface area contributed by atoms with Gasteiger partial charge in [-0.1, -0.05) is 48.6 Å². The second kappa shape index (κ2) is 8.17. The third-order valence-electron chi connectivity index (χ3n) is 3.93. The van der Waals surface area contributed by atoms with Crippen LogP contribution in [0.5, 0.6) is 17.2 Å².